The Labute approximate surface area is 53.8 Å². The molecule has 1 nitrogen and oxygen atoms in total. The van der Waals surface area contributed by atoms with E-state index in [1.165, 1.54) is 17.1 Å². The molecule has 0 amide bonds. The van der Waals surface area contributed by atoms with Crippen LogP contribution in [0.25, 0.3) is 0 Å². The normalized spacial score (nSPS) is 18.6. The van der Waals surface area contributed by atoms with Crippen molar-refractivity contribution in [3.05, 3.63) is 0 Å². The lowest BCUT2D eigenvalue weighted by molar-refractivity contribution is 0.884. The van der Waals surface area contributed by atoms with Gasteiger partial charge in [0.1, 0.15) is 0 Å². The Morgan fingerprint density at radius 2 is 2.50 bits per heavy atom. The third-order valence-electron chi connectivity index (χ3n) is 1.22. The van der Waals surface area contributed by atoms with Crippen LogP contribution in [0.1, 0.15) is 13.8 Å². The molecule has 0 radical (unpaired) electrons. The number of nitrogens with zero attached hydrogens (tertiary/aromatic N) is 1. The zero-order chi connectivity index (χ0) is 5.98. The summed E-state index contributed by atoms with van der Waals surface area (Å²) in [4.78, 5) is 4.21. The molecule has 2 heteroatoms. The summed E-state index contributed by atoms with van der Waals surface area (Å²) in [5.74, 6) is 1.82. The van der Waals surface area contributed by atoms with Gasteiger partial charge in [0, 0.05) is 17.0 Å². The van der Waals surface area contributed by atoms with Crippen molar-refractivity contribution in [1.82, 2.24) is 0 Å². The van der Waals surface area contributed by atoms with Crippen LogP contribution >= 0.6 is 11.4 Å². The lowest BCUT2D eigenvalue weighted by Crippen LogP contribution is -2.06. The minimum Gasteiger partial charge on any atom is -0.259 e. The van der Waals surface area contributed by atoms with Crippen molar-refractivity contribution in [3.8, 4) is 0 Å². The molecule has 0 saturated carbocycles. The van der Waals surface area contributed by atoms with Crippen molar-refractivity contribution >= 4 is 22.6 Å². The average Bonchev–Trinajstić information content (AvgIpc) is 2.12. The fourth-order valence-corrected chi connectivity index (χ4v) is 1.57. The molecular weight excluding hydrogens is 118 g/mol. The van der Waals surface area contributed by atoms with Crippen molar-refractivity contribution in [1.29, 1.82) is 0 Å². The van der Waals surface area contributed by atoms with Crippen LogP contribution < -0.4 is 0 Å². The molecular formula is C6H11NS. The molecule has 0 spiro atoms. The maximum absolute atomic E-state index is 4.21. The van der Waals surface area contributed by atoms with Crippen molar-refractivity contribution in [2.75, 3.05) is 5.75 Å². The van der Waals surface area contributed by atoms with Gasteiger partial charge in [-0.1, -0.05) is 13.8 Å². The third-order valence-corrected chi connectivity index (χ3v) is 2.01. The lowest BCUT2D eigenvalue weighted by Gasteiger charge is -2.00. The second kappa shape index (κ2) is 2.44. The van der Waals surface area contributed by atoms with E-state index in [0.29, 0.717) is 5.92 Å². The van der Waals surface area contributed by atoms with Crippen molar-refractivity contribution < 1.29 is 0 Å². The Balaban J connectivity index is 2.51. The molecule has 0 aromatic carbocycles. The molecule has 0 aromatic heterocycles. The summed E-state index contributed by atoms with van der Waals surface area (Å²) in [5, 5.41) is 0. The number of aliphatic imine (C=N–C) groups is 1. The highest BCUT2D eigenvalue weighted by Gasteiger charge is 2.03. The van der Waals surface area contributed by atoms with E-state index in [2.05, 4.69) is 18.8 Å². The van der Waals surface area contributed by atoms with Crippen LogP contribution in [0.2, 0.25) is 0 Å². The van der Waals surface area contributed by atoms with Gasteiger partial charge < -0.3 is 0 Å². The molecule has 46 valence electrons. The van der Waals surface area contributed by atoms with Gasteiger partial charge in [-0.05, 0) is 5.92 Å². The minimum atomic E-state index is 0.654. The molecule has 0 aliphatic carbocycles. The summed E-state index contributed by atoms with van der Waals surface area (Å²) in [6.07, 6.45) is 0. The molecule has 8 heavy (non-hydrogen) atoms. The predicted molar refractivity (Wildman–Crippen MR) is 42.2 cm³/mol. The van der Waals surface area contributed by atoms with Gasteiger partial charge in [-0.2, -0.15) is 11.4 Å². The highest BCUT2D eigenvalue weighted by molar-refractivity contribution is 7.98. The van der Waals surface area contributed by atoms with Gasteiger partial charge >= 0.3 is 0 Å². The first kappa shape index (κ1) is 6.02. The van der Waals surface area contributed by atoms with E-state index in [0.717, 1.165) is 5.75 Å². The molecule has 1 heterocycles. The third kappa shape index (κ3) is 1.19. The van der Waals surface area contributed by atoms with E-state index >= 15 is 0 Å². The first-order valence-corrected chi connectivity index (χ1v) is 4.00. The zero-order valence-electron chi connectivity index (χ0n) is 5.26. The summed E-state index contributed by atoms with van der Waals surface area (Å²) in [6, 6.07) is 0. The van der Waals surface area contributed by atoms with Crippen molar-refractivity contribution in [2.45, 2.75) is 13.8 Å². The summed E-state index contributed by atoms with van der Waals surface area (Å²) in [5.41, 5.74) is 3.33. The van der Waals surface area contributed by atoms with Gasteiger partial charge in [0.05, 0.1) is 0 Å². The topological polar surface area (TPSA) is 12.4 Å². The molecule has 0 N–H and O–H groups in total. The Bertz CT molecular complexity index is 135. The molecule has 0 unspecified atom stereocenters. The lowest BCUT2D eigenvalue weighted by atomic mass is 10.1. The van der Waals surface area contributed by atoms with E-state index in [4.69, 9.17) is 0 Å². The molecule has 0 saturated heterocycles. The highest BCUT2D eigenvalue weighted by atomic mass is 32.1. The van der Waals surface area contributed by atoms with E-state index < -0.39 is 0 Å². The van der Waals surface area contributed by atoms with Gasteiger partial charge in [0.15, 0.2) is 0 Å². The summed E-state index contributed by atoms with van der Waals surface area (Å²) in [6.45, 7) is 4.38. The summed E-state index contributed by atoms with van der Waals surface area (Å²) in [7, 11) is 0. The highest BCUT2D eigenvalue weighted by Crippen LogP contribution is 2.05. The fraction of sp³-hybridized carbons (Fsp3) is 0.667. The maximum Gasteiger partial charge on any atom is 0.0479 e. The average molecular weight is 129 g/mol. The van der Waals surface area contributed by atoms with Gasteiger partial charge in [-0.25, -0.2) is 0 Å². The number of rotatable bonds is 1. The molecule has 1 aliphatic heterocycles. The monoisotopic (exact) mass is 129 g/mol. The van der Waals surface area contributed by atoms with Crippen LogP contribution in [0.3, 0.4) is 0 Å². The molecule has 1 aliphatic rings. The zero-order valence-corrected chi connectivity index (χ0v) is 6.15. The molecule has 0 aromatic rings. The summed E-state index contributed by atoms with van der Waals surface area (Å²) < 4.78 is 0. The standard InChI is InChI=1S/C6H11NS/c1-5(2)6-3-8-4-7-6/h4-5,8H,3H2,1-2H3. The second-order valence-corrected chi connectivity index (χ2v) is 3.14. The van der Waals surface area contributed by atoms with Gasteiger partial charge in [-0.3, -0.25) is 4.99 Å². The Morgan fingerprint density at radius 3 is 2.75 bits per heavy atom. The van der Waals surface area contributed by atoms with Gasteiger partial charge in [-0.15, -0.1) is 0 Å². The van der Waals surface area contributed by atoms with E-state index in [-0.39, 0.29) is 0 Å². The first-order valence-electron chi connectivity index (χ1n) is 2.85. The smallest absolute Gasteiger partial charge is 0.0479 e. The summed E-state index contributed by atoms with van der Waals surface area (Å²) >= 11 is 1.37. The van der Waals surface area contributed by atoms with Crippen LogP contribution in [0, 0.1) is 5.92 Å². The Kier molecular flexibility index (Phi) is 1.84. The van der Waals surface area contributed by atoms with Crippen molar-refractivity contribution in [2.24, 2.45) is 10.9 Å². The SMILES string of the molecule is CC(C)C1=NC=[SH]C1. The van der Waals surface area contributed by atoms with E-state index in [9.17, 15) is 0 Å². The first-order chi connectivity index (χ1) is 3.80. The van der Waals surface area contributed by atoms with E-state index in [1.54, 1.807) is 0 Å². The van der Waals surface area contributed by atoms with Crippen LogP contribution in [0.15, 0.2) is 4.99 Å². The molecule has 0 bridgehead atoms. The van der Waals surface area contributed by atoms with Crippen LogP contribution in [-0.4, -0.2) is 17.0 Å². The Hall–Kier alpha value is -0.110. The van der Waals surface area contributed by atoms with E-state index in [1.807, 2.05) is 5.49 Å². The minimum absolute atomic E-state index is 0.654. The molecule has 1 rings (SSSR count). The van der Waals surface area contributed by atoms with Gasteiger partial charge in [0.25, 0.3) is 0 Å². The number of hydrogen-bond acceptors (Lipinski definition) is 1. The van der Waals surface area contributed by atoms with Gasteiger partial charge in [0.2, 0.25) is 0 Å². The Morgan fingerprint density at radius 1 is 1.75 bits per heavy atom. The van der Waals surface area contributed by atoms with Crippen LogP contribution in [0.4, 0.5) is 0 Å². The number of thiol groups is 1. The fourth-order valence-electron chi connectivity index (χ4n) is 0.622. The van der Waals surface area contributed by atoms with Crippen LogP contribution in [0.5, 0.6) is 0 Å². The molecule has 0 atom stereocenters. The predicted octanol–water partition coefficient (Wildman–Crippen LogP) is 1.32. The number of hydrogen-bond donors (Lipinski definition) is 1. The van der Waals surface area contributed by atoms with Crippen LogP contribution in [-0.2, 0) is 0 Å². The maximum atomic E-state index is 4.21. The largest absolute Gasteiger partial charge is 0.259 e. The quantitative estimate of drug-likeness (QED) is 0.405. The second-order valence-electron chi connectivity index (χ2n) is 2.23. The van der Waals surface area contributed by atoms with Crippen molar-refractivity contribution in [3.63, 3.8) is 0 Å². The molecule has 0 fully saturated rings.